The summed E-state index contributed by atoms with van der Waals surface area (Å²) in [6.07, 6.45) is 5.55. The first-order chi connectivity index (χ1) is 16.7. The van der Waals surface area contributed by atoms with E-state index < -0.39 is 0 Å². The van der Waals surface area contributed by atoms with Gasteiger partial charge in [-0.05, 0) is 71.7 Å². The van der Waals surface area contributed by atoms with Gasteiger partial charge in [0, 0.05) is 5.92 Å². The predicted octanol–water partition coefficient (Wildman–Crippen LogP) is 4.54. The average molecular weight is 465 g/mol. The fourth-order valence-electron chi connectivity index (χ4n) is 5.66. The quantitative estimate of drug-likeness (QED) is 0.581. The number of rotatable bonds is 6. The van der Waals surface area contributed by atoms with Crippen molar-refractivity contribution in [3.63, 3.8) is 0 Å². The Bertz CT molecular complexity index is 1150. The number of hydrogen-bond acceptors (Lipinski definition) is 7. The van der Waals surface area contributed by atoms with Gasteiger partial charge in [0.25, 0.3) is 0 Å². The minimum atomic E-state index is -0.324. The molecule has 0 N–H and O–H groups in total. The number of cyclic esters (lactones) is 1. The minimum Gasteiger partial charge on any atom is -0.493 e. The highest BCUT2D eigenvalue weighted by Crippen LogP contribution is 2.50. The Morgan fingerprint density at radius 3 is 2.35 bits per heavy atom. The fraction of sp³-hybridized carbons (Fsp3) is 0.444. The van der Waals surface area contributed by atoms with Gasteiger partial charge in [-0.3, -0.25) is 0 Å². The number of fused-ring (bicyclic) bond motifs is 2. The molecule has 0 spiro atoms. The number of benzene rings is 2. The van der Waals surface area contributed by atoms with Crippen LogP contribution in [-0.4, -0.2) is 40.2 Å². The van der Waals surface area contributed by atoms with Gasteiger partial charge in [-0.2, -0.15) is 0 Å². The molecule has 0 saturated heterocycles. The van der Waals surface area contributed by atoms with Crippen molar-refractivity contribution < 1.29 is 33.2 Å². The van der Waals surface area contributed by atoms with Crippen LogP contribution in [0.2, 0.25) is 0 Å². The molecule has 2 aromatic carbocycles. The molecular formula is C27H28O7. The highest BCUT2D eigenvalue weighted by atomic mass is 16.7. The van der Waals surface area contributed by atoms with Crippen molar-refractivity contribution >= 4 is 5.97 Å². The van der Waals surface area contributed by atoms with E-state index in [0.29, 0.717) is 54.1 Å². The van der Waals surface area contributed by atoms with Gasteiger partial charge in [0.15, 0.2) is 23.0 Å². The van der Waals surface area contributed by atoms with Crippen molar-refractivity contribution in [1.29, 1.82) is 0 Å². The average Bonchev–Trinajstić information content (AvgIpc) is 3.61. The molecular weight excluding hydrogens is 436 g/mol. The molecule has 0 radical (unpaired) electrons. The highest BCUT2D eigenvalue weighted by Gasteiger charge is 2.40. The summed E-state index contributed by atoms with van der Waals surface area (Å²) in [5.41, 5.74) is 4.68. The fourth-order valence-corrected chi connectivity index (χ4v) is 5.66. The Kier molecular flexibility index (Phi) is 5.27. The van der Waals surface area contributed by atoms with E-state index in [1.54, 1.807) is 14.2 Å². The van der Waals surface area contributed by atoms with Gasteiger partial charge < -0.3 is 28.4 Å². The molecule has 1 fully saturated rings. The lowest BCUT2D eigenvalue weighted by molar-refractivity contribution is -0.136. The molecule has 1 atom stereocenters. The SMILES string of the molecule is COc1cc([C@H]2C3=C(COC3=O)Cc3cc4c(cc32)OCO4)cc(OC)c1OCC1CCCC1. The van der Waals surface area contributed by atoms with Gasteiger partial charge in [0.1, 0.15) is 6.61 Å². The maximum Gasteiger partial charge on any atom is 0.335 e. The Morgan fingerprint density at radius 2 is 1.65 bits per heavy atom. The smallest absolute Gasteiger partial charge is 0.335 e. The second kappa shape index (κ2) is 8.46. The largest absolute Gasteiger partial charge is 0.493 e. The van der Waals surface area contributed by atoms with Crippen LogP contribution in [0, 0.1) is 5.92 Å². The lowest BCUT2D eigenvalue weighted by Gasteiger charge is -2.28. The number of ether oxygens (including phenoxy) is 6. The van der Waals surface area contributed by atoms with E-state index in [0.717, 1.165) is 28.0 Å². The molecule has 0 bridgehead atoms. The third kappa shape index (κ3) is 3.45. The van der Waals surface area contributed by atoms with Crippen LogP contribution in [-0.2, 0) is 16.0 Å². The van der Waals surface area contributed by atoms with E-state index in [1.807, 2.05) is 24.3 Å². The van der Waals surface area contributed by atoms with Crippen molar-refractivity contribution in [3.05, 3.63) is 52.1 Å². The van der Waals surface area contributed by atoms with E-state index >= 15 is 0 Å². The van der Waals surface area contributed by atoms with Crippen LogP contribution in [0.1, 0.15) is 48.3 Å². The molecule has 6 rings (SSSR count). The minimum absolute atomic E-state index is 0.201. The molecule has 34 heavy (non-hydrogen) atoms. The van der Waals surface area contributed by atoms with Gasteiger partial charge >= 0.3 is 5.97 Å². The molecule has 0 unspecified atom stereocenters. The third-order valence-electron chi connectivity index (χ3n) is 7.37. The highest BCUT2D eigenvalue weighted by molar-refractivity contribution is 5.95. The Balaban J connectivity index is 1.44. The summed E-state index contributed by atoms with van der Waals surface area (Å²) in [4.78, 5) is 12.8. The van der Waals surface area contributed by atoms with Gasteiger partial charge in [-0.1, -0.05) is 12.8 Å². The molecule has 2 aliphatic heterocycles. The molecule has 1 saturated carbocycles. The van der Waals surface area contributed by atoms with Crippen LogP contribution in [0.5, 0.6) is 28.7 Å². The van der Waals surface area contributed by atoms with Crippen LogP contribution in [0.4, 0.5) is 0 Å². The number of carbonyl (C=O) groups is 1. The molecule has 0 aromatic heterocycles. The van der Waals surface area contributed by atoms with Crippen LogP contribution in [0.3, 0.4) is 0 Å². The lowest BCUT2D eigenvalue weighted by Crippen LogP contribution is -2.18. The summed E-state index contributed by atoms with van der Waals surface area (Å²) in [7, 11) is 3.25. The molecule has 2 heterocycles. The number of methoxy groups -OCH3 is 2. The Hall–Kier alpha value is -3.35. The van der Waals surface area contributed by atoms with Crippen LogP contribution in [0.15, 0.2) is 35.4 Å². The first-order valence-corrected chi connectivity index (χ1v) is 11.9. The molecule has 4 aliphatic rings. The van der Waals surface area contributed by atoms with Gasteiger partial charge in [-0.25, -0.2) is 4.79 Å². The summed E-state index contributed by atoms with van der Waals surface area (Å²) < 4.78 is 34.4. The zero-order valence-corrected chi connectivity index (χ0v) is 19.5. The van der Waals surface area contributed by atoms with E-state index in [1.165, 1.54) is 25.7 Å². The van der Waals surface area contributed by atoms with E-state index in [2.05, 4.69) is 0 Å². The molecule has 178 valence electrons. The zero-order chi connectivity index (χ0) is 23.2. The van der Waals surface area contributed by atoms with Crippen molar-refractivity contribution in [1.82, 2.24) is 0 Å². The standard InChI is InChI=1S/C27H28O7/c1-29-22-9-17(10-23(30-2)26(22)31-12-15-5-3-4-6-15)24-19-11-21-20(33-14-34-21)8-16(19)7-18-13-32-27(28)25(18)24/h8-11,15,24H,3-7,12-14H2,1-2H3/t24-/m1/s1. The van der Waals surface area contributed by atoms with Gasteiger partial charge in [0.05, 0.1) is 26.4 Å². The summed E-state index contributed by atoms with van der Waals surface area (Å²) in [5, 5.41) is 0. The topological polar surface area (TPSA) is 72.5 Å². The van der Waals surface area contributed by atoms with Crippen molar-refractivity contribution in [2.24, 2.45) is 5.92 Å². The van der Waals surface area contributed by atoms with E-state index in [-0.39, 0.29) is 18.7 Å². The molecule has 7 heteroatoms. The van der Waals surface area contributed by atoms with Crippen molar-refractivity contribution in [2.75, 3.05) is 34.2 Å². The van der Waals surface area contributed by atoms with Crippen molar-refractivity contribution in [2.45, 2.75) is 38.0 Å². The summed E-state index contributed by atoms with van der Waals surface area (Å²) >= 11 is 0. The van der Waals surface area contributed by atoms with Crippen LogP contribution < -0.4 is 23.7 Å². The first kappa shape index (κ1) is 21.2. The Labute approximate surface area is 198 Å². The lowest BCUT2D eigenvalue weighted by atomic mass is 9.75. The molecule has 7 nitrogen and oxygen atoms in total. The van der Waals surface area contributed by atoms with E-state index in [4.69, 9.17) is 28.4 Å². The van der Waals surface area contributed by atoms with Crippen LogP contribution >= 0.6 is 0 Å². The second-order valence-corrected chi connectivity index (χ2v) is 9.32. The zero-order valence-electron chi connectivity index (χ0n) is 19.5. The van der Waals surface area contributed by atoms with Gasteiger partial charge in [0.2, 0.25) is 12.5 Å². The Morgan fingerprint density at radius 1 is 0.941 bits per heavy atom. The predicted molar refractivity (Wildman–Crippen MR) is 123 cm³/mol. The van der Waals surface area contributed by atoms with E-state index in [9.17, 15) is 4.79 Å². The third-order valence-corrected chi connectivity index (χ3v) is 7.37. The van der Waals surface area contributed by atoms with Gasteiger partial charge in [-0.15, -0.1) is 0 Å². The number of hydrogen-bond donors (Lipinski definition) is 0. The van der Waals surface area contributed by atoms with Crippen LogP contribution in [0.25, 0.3) is 0 Å². The molecule has 2 aliphatic carbocycles. The number of carbonyl (C=O) groups excluding carboxylic acids is 1. The first-order valence-electron chi connectivity index (χ1n) is 11.9. The van der Waals surface area contributed by atoms with Crippen molar-refractivity contribution in [3.8, 4) is 28.7 Å². The normalized spacial score (nSPS) is 20.8. The summed E-state index contributed by atoms with van der Waals surface area (Å²) in [6, 6.07) is 7.91. The maximum atomic E-state index is 12.8. The molecule has 2 aromatic rings. The summed E-state index contributed by atoms with van der Waals surface area (Å²) in [6.45, 7) is 1.16. The summed E-state index contributed by atoms with van der Waals surface area (Å²) in [5.74, 6) is 3.17. The maximum absolute atomic E-state index is 12.8. The monoisotopic (exact) mass is 464 g/mol. The second-order valence-electron chi connectivity index (χ2n) is 9.32. The number of esters is 1. The molecule has 0 amide bonds.